The van der Waals surface area contributed by atoms with Crippen molar-refractivity contribution in [3.63, 3.8) is 0 Å². The second-order valence-corrected chi connectivity index (χ2v) is 4.42. The minimum absolute atomic E-state index is 0.213. The average molecular weight is 237 g/mol. The fourth-order valence-corrected chi connectivity index (χ4v) is 1.53. The number of nitrogens with zero attached hydrogens (tertiary/aromatic N) is 2. The van der Waals surface area contributed by atoms with Gasteiger partial charge in [0.2, 0.25) is 0 Å². The summed E-state index contributed by atoms with van der Waals surface area (Å²) in [4.78, 5) is 6.46. The van der Waals surface area contributed by atoms with Crippen molar-refractivity contribution in [3.05, 3.63) is 24.0 Å². The van der Waals surface area contributed by atoms with E-state index in [-0.39, 0.29) is 5.75 Å². The number of hydrogen-bond donors (Lipinski definition) is 2. The van der Waals surface area contributed by atoms with Gasteiger partial charge in [0.25, 0.3) is 0 Å². The molecule has 0 saturated carbocycles. The first-order valence-corrected chi connectivity index (χ1v) is 6.18. The van der Waals surface area contributed by atoms with Gasteiger partial charge in [0, 0.05) is 25.7 Å². The molecular formula is C13H23N3O. The summed E-state index contributed by atoms with van der Waals surface area (Å²) >= 11 is 0. The topological polar surface area (TPSA) is 48.4 Å². The highest BCUT2D eigenvalue weighted by Crippen LogP contribution is 2.05. The molecule has 1 aromatic heterocycles. The lowest BCUT2D eigenvalue weighted by molar-refractivity contribution is 0.251. The summed E-state index contributed by atoms with van der Waals surface area (Å²) in [6.07, 6.45) is 2.65. The van der Waals surface area contributed by atoms with Crippen LogP contribution in [0.2, 0.25) is 0 Å². The lowest BCUT2D eigenvalue weighted by Crippen LogP contribution is -2.34. The fraction of sp³-hybridized carbons (Fsp3) is 0.615. The molecule has 1 rings (SSSR count). The largest absolute Gasteiger partial charge is 0.506 e. The van der Waals surface area contributed by atoms with Crippen molar-refractivity contribution in [2.24, 2.45) is 0 Å². The smallest absolute Gasteiger partial charge is 0.133 e. The Kier molecular flexibility index (Phi) is 5.94. The lowest BCUT2D eigenvalue weighted by Gasteiger charge is -2.23. The number of pyridine rings is 1. The lowest BCUT2D eigenvalue weighted by atomic mass is 10.2. The highest BCUT2D eigenvalue weighted by molar-refractivity contribution is 5.17. The van der Waals surface area contributed by atoms with Gasteiger partial charge in [-0.2, -0.15) is 0 Å². The molecule has 96 valence electrons. The third kappa shape index (κ3) is 5.15. The molecule has 1 unspecified atom stereocenters. The number of aromatic hydroxyl groups is 1. The van der Waals surface area contributed by atoms with Gasteiger partial charge in [0.15, 0.2) is 0 Å². The Morgan fingerprint density at radius 2 is 2.24 bits per heavy atom. The molecule has 4 nitrogen and oxygen atoms in total. The summed E-state index contributed by atoms with van der Waals surface area (Å²) in [6, 6.07) is 4.12. The monoisotopic (exact) mass is 237 g/mol. The molecule has 2 N–H and O–H groups in total. The van der Waals surface area contributed by atoms with E-state index in [0.717, 1.165) is 25.3 Å². The van der Waals surface area contributed by atoms with Crippen LogP contribution in [0, 0.1) is 0 Å². The first kappa shape index (κ1) is 13.9. The first-order valence-electron chi connectivity index (χ1n) is 6.18. The predicted molar refractivity (Wildman–Crippen MR) is 70.0 cm³/mol. The van der Waals surface area contributed by atoms with E-state index in [2.05, 4.69) is 36.1 Å². The van der Waals surface area contributed by atoms with Crippen molar-refractivity contribution in [2.75, 3.05) is 20.1 Å². The maximum Gasteiger partial charge on any atom is 0.133 e. The molecule has 0 aliphatic rings. The first-order chi connectivity index (χ1) is 8.13. The molecule has 0 fully saturated rings. The summed E-state index contributed by atoms with van der Waals surface area (Å²) < 4.78 is 0. The van der Waals surface area contributed by atoms with E-state index in [1.165, 1.54) is 12.6 Å². The van der Waals surface area contributed by atoms with Gasteiger partial charge >= 0.3 is 0 Å². The molecule has 0 radical (unpaired) electrons. The third-order valence-corrected chi connectivity index (χ3v) is 3.10. The molecule has 0 spiro atoms. The van der Waals surface area contributed by atoms with Crippen LogP contribution in [0.25, 0.3) is 0 Å². The van der Waals surface area contributed by atoms with Crippen LogP contribution in [0.3, 0.4) is 0 Å². The second kappa shape index (κ2) is 7.25. The van der Waals surface area contributed by atoms with Crippen LogP contribution >= 0.6 is 0 Å². The summed E-state index contributed by atoms with van der Waals surface area (Å²) in [6.45, 7) is 7.17. The van der Waals surface area contributed by atoms with Crippen molar-refractivity contribution in [2.45, 2.75) is 32.9 Å². The van der Waals surface area contributed by atoms with Gasteiger partial charge in [-0.3, -0.25) is 4.98 Å². The molecule has 1 heterocycles. The Morgan fingerprint density at radius 1 is 1.47 bits per heavy atom. The molecule has 1 atom stereocenters. The molecule has 1 aromatic rings. The predicted octanol–water partition coefficient (Wildman–Crippen LogP) is 1.61. The SMILES string of the molecule is CCC(C)N(C)CCNCc1ccc(O)cn1. The van der Waals surface area contributed by atoms with Gasteiger partial charge in [0.05, 0.1) is 11.9 Å². The van der Waals surface area contributed by atoms with E-state index < -0.39 is 0 Å². The van der Waals surface area contributed by atoms with E-state index in [1.807, 2.05) is 6.07 Å². The average Bonchev–Trinajstić information content (AvgIpc) is 2.35. The standard InChI is InChI=1S/C13H23N3O/c1-4-11(2)16(3)8-7-14-9-12-5-6-13(17)10-15-12/h5-6,10-11,14,17H,4,7-9H2,1-3H3. The second-order valence-electron chi connectivity index (χ2n) is 4.42. The molecule has 0 saturated heterocycles. The van der Waals surface area contributed by atoms with Crippen molar-refractivity contribution in [1.82, 2.24) is 15.2 Å². The van der Waals surface area contributed by atoms with Crippen molar-refractivity contribution in [1.29, 1.82) is 0 Å². The van der Waals surface area contributed by atoms with Gasteiger partial charge in [-0.15, -0.1) is 0 Å². The Labute approximate surface area is 104 Å². The molecule has 4 heteroatoms. The summed E-state index contributed by atoms with van der Waals surface area (Å²) in [5, 5.41) is 12.4. The highest BCUT2D eigenvalue weighted by Gasteiger charge is 2.05. The van der Waals surface area contributed by atoms with E-state index in [0.29, 0.717) is 6.04 Å². The van der Waals surface area contributed by atoms with Crippen LogP contribution in [0.15, 0.2) is 18.3 Å². The van der Waals surface area contributed by atoms with Crippen molar-refractivity contribution in [3.8, 4) is 5.75 Å². The van der Waals surface area contributed by atoms with Crippen LogP contribution in [-0.4, -0.2) is 41.2 Å². The van der Waals surface area contributed by atoms with Gasteiger partial charge in [-0.25, -0.2) is 0 Å². The molecule has 0 bridgehead atoms. The number of hydrogen-bond acceptors (Lipinski definition) is 4. The number of likely N-dealkylation sites (N-methyl/N-ethyl adjacent to an activating group) is 1. The van der Waals surface area contributed by atoms with Crippen LogP contribution in [-0.2, 0) is 6.54 Å². The number of aromatic nitrogens is 1. The van der Waals surface area contributed by atoms with E-state index in [4.69, 9.17) is 5.11 Å². The van der Waals surface area contributed by atoms with Gasteiger partial charge in [0.1, 0.15) is 5.75 Å². The minimum Gasteiger partial charge on any atom is -0.506 e. The molecule has 17 heavy (non-hydrogen) atoms. The van der Waals surface area contributed by atoms with E-state index in [9.17, 15) is 0 Å². The van der Waals surface area contributed by atoms with Crippen molar-refractivity contribution < 1.29 is 5.11 Å². The van der Waals surface area contributed by atoms with Gasteiger partial charge in [-0.1, -0.05) is 6.92 Å². The highest BCUT2D eigenvalue weighted by atomic mass is 16.3. The number of rotatable bonds is 7. The van der Waals surface area contributed by atoms with Crippen LogP contribution in [0.1, 0.15) is 26.0 Å². The molecule has 0 aromatic carbocycles. The van der Waals surface area contributed by atoms with Crippen LogP contribution < -0.4 is 5.32 Å². The van der Waals surface area contributed by atoms with Gasteiger partial charge < -0.3 is 15.3 Å². The Bertz CT molecular complexity index is 313. The zero-order chi connectivity index (χ0) is 12.7. The summed E-state index contributed by atoms with van der Waals surface area (Å²) in [7, 11) is 2.15. The molecule has 0 amide bonds. The number of nitrogens with one attached hydrogen (secondary N) is 1. The normalized spacial score (nSPS) is 12.9. The molecule has 0 aliphatic carbocycles. The Balaban J connectivity index is 2.18. The van der Waals surface area contributed by atoms with E-state index in [1.54, 1.807) is 6.07 Å². The third-order valence-electron chi connectivity index (χ3n) is 3.10. The fourth-order valence-electron chi connectivity index (χ4n) is 1.53. The molecular weight excluding hydrogens is 214 g/mol. The van der Waals surface area contributed by atoms with Gasteiger partial charge in [-0.05, 0) is 32.5 Å². The quantitative estimate of drug-likeness (QED) is 0.707. The zero-order valence-electron chi connectivity index (χ0n) is 11.0. The van der Waals surface area contributed by atoms with E-state index >= 15 is 0 Å². The Hall–Kier alpha value is -1.13. The zero-order valence-corrected chi connectivity index (χ0v) is 11.0. The van der Waals surface area contributed by atoms with Crippen LogP contribution in [0.5, 0.6) is 5.75 Å². The van der Waals surface area contributed by atoms with Crippen molar-refractivity contribution >= 4 is 0 Å². The summed E-state index contributed by atoms with van der Waals surface area (Å²) in [5.41, 5.74) is 0.953. The maximum atomic E-state index is 9.10. The summed E-state index contributed by atoms with van der Waals surface area (Å²) in [5.74, 6) is 0.213. The minimum atomic E-state index is 0.213. The Morgan fingerprint density at radius 3 is 2.82 bits per heavy atom. The van der Waals surface area contributed by atoms with Crippen LogP contribution in [0.4, 0.5) is 0 Å². The molecule has 0 aliphatic heterocycles. The maximum absolute atomic E-state index is 9.10.